The van der Waals surface area contributed by atoms with Crippen LogP contribution in [0.2, 0.25) is 0 Å². The lowest BCUT2D eigenvalue weighted by Gasteiger charge is -2.16. The number of aliphatic hydroxyl groups is 2. The highest BCUT2D eigenvalue weighted by Crippen LogP contribution is 2.10. The zero-order chi connectivity index (χ0) is 10.3. The first-order valence-electron chi connectivity index (χ1n) is 4.03. The summed E-state index contributed by atoms with van der Waals surface area (Å²) in [7, 11) is 0. The molecule has 1 fully saturated rings. The minimum atomic E-state index is -0.546. The average Bonchev–Trinajstić information content (AvgIpc) is 2.57. The second kappa shape index (κ2) is 5.77. The van der Waals surface area contributed by atoms with Crippen LogP contribution in [0.1, 0.15) is 13.8 Å². The Bertz CT molecular complexity index is 141. The van der Waals surface area contributed by atoms with Gasteiger partial charge in [0.2, 0.25) is 0 Å². The Morgan fingerprint density at radius 3 is 1.69 bits per heavy atom. The van der Waals surface area contributed by atoms with Gasteiger partial charge in [0.05, 0.1) is 13.2 Å². The van der Waals surface area contributed by atoms with Crippen molar-refractivity contribution in [1.82, 2.24) is 0 Å². The summed E-state index contributed by atoms with van der Waals surface area (Å²) < 4.78 is 8.58. The minimum Gasteiger partial charge on any atom is -0.431 e. The first-order valence-corrected chi connectivity index (χ1v) is 4.03. The molecular formula is C8H16O5. The van der Waals surface area contributed by atoms with E-state index in [1.807, 2.05) is 0 Å². The van der Waals surface area contributed by atoms with Crippen LogP contribution in [0, 0.1) is 5.41 Å². The summed E-state index contributed by atoms with van der Waals surface area (Å²) in [6.07, 6.45) is -0.546. The highest BCUT2D eigenvalue weighted by molar-refractivity contribution is 5.61. The molecular weight excluding hydrogens is 176 g/mol. The first-order chi connectivity index (χ1) is 6.02. The van der Waals surface area contributed by atoms with E-state index in [2.05, 4.69) is 9.47 Å². The molecule has 0 bridgehead atoms. The van der Waals surface area contributed by atoms with Crippen LogP contribution in [0.5, 0.6) is 0 Å². The number of aliphatic hydroxyl groups excluding tert-OH is 2. The van der Waals surface area contributed by atoms with E-state index >= 15 is 0 Å². The summed E-state index contributed by atoms with van der Waals surface area (Å²) in [5.74, 6) is 0. The summed E-state index contributed by atoms with van der Waals surface area (Å²) in [6.45, 7) is 4.52. The summed E-state index contributed by atoms with van der Waals surface area (Å²) >= 11 is 0. The van der Waals surface area contributed by atoms with Crippen LogP contribution in [-0.2, 0) is 9.47 Å². The lowest BCUT2D eigenvalue weighted by atomic mass is 9.97. The summed E-state index contributed by atoms with van der Waals surface area (Å²) in [6, 6.07) is 0. The number of hydrogen-bond donors (Lipinski definition) is 2. The van der Waals surface area contributed by atoms with Crippen LogP contribution in [-0.4, -0.2) is 42.8 Å². The Kier molecular flexibility index (Phi) is 5.41. The van der Waals surface area contributed by atoms with Gasteiger partial charge < -0.3 is 19.7 Å². The number of carbonyl (C=O) groups is 1. The zero-order valence-corrected chi connectivity index (χ0v) is 7.95. The molecule has 0 aromatic heterocycles. The number of carbonyl (C=O) groups excluding carboxylic acids is 1. The molecule has 13 heavy (non-hydrogen) atoms. The summed E-state index contributed by atoms with van der Waals surface area (Å²) in [5, 5.41) is 16.9. The maximum absolute atomic E-state index is 9.80. The molecule has 0 atom stereocenters. The van der Waals surface area contributed by atoms with E-state index in [1.165, 1.54) is 0 Å². The largest absolute Gasteiger partial charge is 0.508 e. The Labute approximate surface area is 77.3 Å². The molecule has 0 amide bonds. The van der Waals surface area contributed by atoms with E-state index < -0.39 is 6.16 Å². The predicted octanol–water partition coefficient (Wildman–Crippen LogP) is 0.150. The molecule has 1 saturated heterocycles. The molecule has 0 aliphatic carbocycles. The molecule has 0 unspecified atom stereocenters. The molecule has 1 heterocycles. The molecule has 1 aliphatic heterocycles. The fraction of sp³-hybridized carbons (Fsp3) is 0.875. The van der Waals surface area contributed by atoms with E-state index in [-0.39, 0.29) is 18.6 Å². The Balaban J connectivity index is 0.000000223. The van der Waals surface area contributed by atoms with Gasteiger partial charge in [-0.05, 0) is 0 Å². The minimum absolute atomic E-state index is 0.0451. The highest BCUT2D eigenvalue weighted by Gasteiger charge is 2.13. The number of rotatable bonds is 2. The molecule has 2 N–H and O–H groups in total. The van der Waals surface area contributed by atoms with E-state index in [9.17, 15) is 4.79 Å². The van der Waals surface area contributed by atoms with Crippen LogP contribution in [0.4, 0.5) is 4.79 Å². The molecule has 78 valence electrons. The maximum Gasteiger partial charge on any atom is 0.508 e. The van der Waals surface area contributed by atoms with Crippen LogP contribution < -0.4 is 0 Å². The van der Waals surface area contributed by atoms with Gasteiger partial charge in [0.15, 0.2) is 0 Å². The lowest BCUT2D eigenvalue weighted by Crippen LogP contribution is -2.20. The van der Waals surface area contributed by atoms with Crippen LogP contribution >= 0.6 is 0 Å². The molecule has 0 aromatic rings. The van der Waals surface area contributed by atoms with Gasteiger partial charge in [-0.25, -0.2) is 4.79 Å². The van der Waals surface area contributed by atoms with Crippen molar-refractivity contribution in [3.63, 3.8) is 0 Å². The van der Waals surface area contributed by atoms with Gasteiger partial charge in [-0.2, -0.15) is 0 Å². The Hall–Kier alpha value is -0.810. The quantitative estimate of drug-likeness (QED) is 0.609. The van der Waals surface area contributed by atoms with E-state index in [0.29, 0.717) is 13.2 Å². The fourth-order valence-corrected chi connectivity index (χ4v) is 0.342. The van der Waals surface area contributed by atoms with Crippen molar-refractivity contribution >= 4 is 6.16 Å². The van der Waals surface area contributed by atoms with Crippen LogP contribution in [0.15, 0.2) is 0 Å². The van der Waals surface area contributed by atoms with Crippen molar-refractivity contribution in [3.8, 4) is 0 Å². The lowest BCUT2D eigenvalue weighted by molar-refractivity contribution is 0.0857. The van der Waals surface area contributed by atoms with Crippen molar-refractivity contribution in [3.05, 3.63) is 0 Å². The van der Waals surface area contributed by atoms with E-state index in [4.69, 9.17) is 10.2 Å². The molecule has 5 heteroatoms. The molecule has 1 aliphatic rings. The Morgan fingerprint density at radius 1 is 1.23 bits per heavy atom. The maximum atomic E-state index is 9.80. The van der Waals surface area contributed by atoms with Crippen molar-refractivity contribution in [2.24, 2.45) is 5.41 Å². The first kappa shape index (κ1) is 12.2. The second-order valence-electron chi connectivity index (χ2n) is 3.43. The molecule has 0 spiro atoms. The number of ether oxygens (including phenoxy) is 2. The summed E-state index contributed by atoms with van der Waals surface area (Å²) in [5.41, 5.74) is -0.306. The summed E-state index contributed by atoms with van der Waals surface area (Å²) in [4.78, 5) is 9.80. The van der Waals surface area contributed by atoms with Gasteiger partial charge >= 0.3 is 6.16 Å². The molecule has 0 aromatic carbocycles. The molecule has 1 rings (SSSR count). The highest BCUT2D eigenvalue weighted by atomic mass is 16.8. The van der Waals surface area contributed by atoms with Gasteiger partial charge in [0, 0.05) is 5.41 Å². The van der Waals surface area contributed by atoms with Gasteiger partial charge in [-0.1, -0.05) is 13.8 Å². The Morgan fingerprint density at radius 2 is 1.62 bits per heavy atom. The van der Waals surface area contributed by atoms with Gasteiger partial charge in [-0.3, -0.25) is 0 Å². The van der Waals surface area contributed by atoms with Gasteiger partial charge in [0.1, 0.15) is 13.2 Å². The van der Waals surface area contributed by atoms with Crippen molar-refractivity contribution in [1.29, 1.82) is 0 Å². The number of hydrogen-bond acceptors (Lipinski definition) is 5. The molecule has 0 radical (unpaired) electrons. The topological polar surface area (TPSA) is 76.0 Å². The third-order valence-electron chi connectivity index (χ3n) is 1.38. The van der Waals surface area contributed by atoms with Gasteiger partial charge in [0.25, 0.3) is 0 Å². The van der Waals surface area contributed by atoms with E-state index in [0.717, 1.165) is 0 Å². The normalized spacial score (nSPS) is 15.5. The third kappa shape index (κ3) is 6.36. The van der Waals surface area contributed by atoms with Gasteiger partial charge in [-0.15, -0.1) is 0 Å². The standard InChI is InChI=1S/C5H12O2.C3H4O3/c1-5(2,3-6)4-7;4-3-5-1-2-6-3/h6-7H,3-4H2,1-2H3;1-2H2. The fourth-order valence-electron chi connectivity index (χ4n) is 0.342. The monoisotopic (exact) mass is 192 g/mol. The van der Waals surface area contributed by atoms with Crippen molar-refractivity contribution in [2.75, 3.05) is 26.4 Å². The van der Waals surface area contributed by atoms with Crippen molar-refractivity contribution in [2.45, 2.75) is 13.8 Å². The average molecular weight is 192 g/mol. The smallest absolute Gasteiger partial charge is 0.431 e. The molecule has 0 saturated carbocycles. The molecule has 5 nitrogen and oxygen atoms in total. The van der Waals surface area contributed by atoms with Crippen LogP contribution in [0.25, 0.3) is 0 Å². The third-order valence-corrected chi connectivity index (χ3v) is 1.38. The van der Waals surface area contributed by atoms with Crippen LogP contribution in [0.3, 0.4) is 0 Å². The second-order valence-corrected chi connectivity index (χ2v) is 3.43. The number of cyclic esters (lactones) is 2. The van der Waals surface area contributed by atoms with Crippen molar-refractivity contribution < 1.29 is 24.5 Å². The predicted molar refractivity (Wildman–Crippen MR) is 45.3 cm³/mol. The van der Waals surface area contributed by atoms with E-state index in [1.54, 1.807) is 13.8 Å². The zero-order valence-electron chi connectivity index (χ0n) is 7.95. The SMILES string of the molecule is CC(C)(CO)CO.O=C1OCCO1.